The summed E-state index contributed by atoms with van der Waals surface area (Å²) < 4.78 is 0. The monoisotopic (exact) mass is 156 g/mol. The van der Waals surface area contributed by atoms with Crippen molar-refractivity contribution in [3.05, 3.63) is 12.7 Å². The molecule has 66 valence electrons. The maximum Gasteiger partial charge on any atom is 0.132 e. The maximum absolute atomic E-state index is 10.2. The molecule has 0 saturated carbocycles. The largest absolute Gasteiger partial charge is 0.300 e. The first-order valence-corrected chi connectivity index (χ1v) is 4.22. The summed E-state index contributed by atoms with van der Waals surface area (Å²) in [5.41, 5.74) is 0. The van der Waals surface area contributed by atoms with E-state index in [1.807, 2.05) is 19.9 Å². The fourth-order valence-electron chi connectivity index (χ4n) is 0.250. The molecule has 0 spiro atoms. The van der Waals surface area contributed by atoms with Crippen molar-refractivity contribution < 1.29 is 4.79 Å². The molecule has 1 heteroatoms. The van der Waals surface area contributed by atoms with Crippen LogP contribution < -0.4 is 0 Å². The van der Waals surface area contributed by atoms with E-state index >= 15 is 0 Å². The fraction of sp³-hybridized carbons (Fsp3) is 0.700. The molecule has 0 bridgehead atoms. The Kier molecular flexibility index (Phi) is 11.1. The lowest BCUT2D eigenvalue weighted by Crippen LogP contribution is -1.88. The molecule has 1 nitrogen and oxygen atoms in total. The second-order valence-corrected chi connectivity index (χ2v) is 2.73. The fourth-order valence-corrected chi connectivity index (χ4v) is 0.250. The van der Waals surface area contributed by atoms with Crippen LogP contribution in [0, 0.1) is 5.92 Å². The molecular formula is C10H20O. The first-order valence-electron chi connectivity index (χ1n) is 4.22. The number of Topliss-reactive ketones (excluding diaryl/α,β-unsaturated/α-hetero) is 1. The van der Waals surface area contributed by atoms with Crippen molar-refractivity contribution in [3.63, 3.8) is 0 Å². The van der Waals surface area contributed by atoms with Crippen LogP contribution in [-0.4, -0.2) is 5.78 Å². The summed E-state index contributed by atoms with van der Waals surface area (Å²) in [5.74, 6) is 0.991. The van der Waals surface area contributed by atoms with E-state index in [2.05, 4.69) is 20.4 Å². The van der Waals surface area contributed by atoms with Gasteiger partial charge in [0.15, 0.2) is 0 Å². The molecule has 0 aromatic heterocycles. The maximum atomic E-state index is 10.2. The topological polar surface area (TPSA) is 17.1 Å². The number of hydrogen-bond acceptors (Lipinski definition) is 1. The zero-order chi connectivity index (χ0) is 9.28. The summed E-state index contributed by atoms with van der Waals surface area (Å²) in [4.78, 5) is 10.2. The van der Waals surface area contributed by atoms with E-state index in [1.54, 1.807) is 0 Å². The van der Waals surface area contributed by atoms with Crippen LogP contribution in [-0.2, 0) is 4.79 Å². The van der Waals surface area contributed by atoms with Crippen LogP contribution in [0.5, 0.6) is 0 Å². The Hall–Kier alpha value is -0.590. The van der Waals surface area contributed by atoms with Gasteiger partial charge in [-0.15, -0.1) is 6.58 Å². The summed E-state index contributed by atoms with van der Waals surface area (Å²) in [5, 5.41) is 0. The minimum atomic E-state index is 0.343. The molecule has 0 N–H and O–H groups in total. The van der Waals surface area contributed by atoms with Crippen LogP contribution in [0.3, 0.4) is 0 Å². The highest BCUT2D eigenvalue weighted by atomic mass is 16.1. The molecule has 0 amide bonds. The average molecular weight is 156 g/mol. The van der Waals surface area contributed by atoms with Crippen molar-refractivity contribution in [2.45, 2.75) is 40.5 Å². The van der Waals surface area contributed by atoms with Crippen LogP contribution in [0.4, 0.5) is 0 Å². The molecule has 0 unspecified atom stereocenters. The lowest BCUT2D eigenvalue weighted by atomic mass is 10.2. The molecule has 0 radical (unpaired) electrons. The standard InChI is InChI=1S/C5H10O.C5H10/c1-3-5(6)4-2;1-4-5(2)3/h3-4H2,1-2H3;4-5H,1H2,2-3H3. The van der Waals surface area contributed by atoms with E-state index in [0.29, 0.717) is 24.5 Å². The Bertz CT molecular complexity index is 97.4. The highest BCUT2D eigenvalue weighted by Gasteiger charge is 1.86. The predicted octanol–water partition coefficient (Wildman–Crippen LogP) is 3.20. The smallest absolute Gasteiger partial charge is 0.132 e. The molecule has 0 aromatic rings. The molecule has 0 atom stereocenters. The van der Waals surface area contributed by atoms with Gasteiger partial charge in [-0.3, -0.25) is 4.79 Å². The quantitative estimate of drug-likeness (QED) is 0.573. The molecule has 0 aliphatic carbocycles. The average Bonchev–Trinajstić information content (AvgIpc) is 2.04. The normalized spacial score (nSPS) is 8.45. The van der Waals surface area contributed by atoms with Crippen molar-refractivity contribution in [2.24, 2.45) is 5.92 Å². The second kappa shape index (κ2) is 9.41. The van der Waals surface area contributed by atoms with Gasteiger partial charge in [0.25, 0.3) is 0 Å². The predicted molar refractivity (Wildman–Crippen MR) is 50.6 cm³/mol. The van der Waals surface area contributed by atoms with E-state index in [0.717, 1.165) is 0 Å². The zero-order valence-electron chi connectivity index (χ0n) is 8.18. The number of ketones is 1. The van der Waals surface area contributed by atoms with Gasteiger partial charge in [-0.25, -0.2) is 0 Å². The van der Waals surface area contributed by atoms with E-state index < -0.39 is 0 Å². The molecule has 0 fully saturated rings. The molecule has 0 aliphatic rings. The van der Waals surface area contributed by atoms with Crippen LogP contribution >= 0.6 is 0 Å². The summed E-state index contributed by atoms with van der Waals surface area (Å²) in [6, 6.07) is 0. The van der Waals surface area contributed by atoms with Gasteiger partial charge >= 0.3 is 0 Å². The molecule has 0 heterocycles. The van der Waals surface area contributed by atoms with Crippen LogP contribution in [0.15, 0.2) is 12.7 Å². The van der Waals surface area contributed by atoms with Gasteiger partial charge in [-0.1, -0.05) is 33.8 Å². The Balaban J connectivity index is 0. The zero-order valence-corrected chi connectivity index (χ0v) is 8.18. The highest BCUT2D eigenvalue weighted by molar-refractivity contribution is 5.77. The van der Waals surface area contributed by atoms with E-state index in [4.69, 9.17) is 0 Å². The SMILES string of the molecule is C=CC(C)C.CCC(=O)CC. The van der Waals surface area contributed by atoms with Crippen molar-refractivity contribution in [3.8, 4) is 0 Å². The number of rotatable bonds is 3. The highest BCUT2D eigenvalue weighted by Crippen LogP contribution is 1.87. The Morgan fingerprint density at radius 2 is 1.64 bits per heavy atom. The molecule has 0 rings (SSSR count). The van der Waals surface area contributed by atoms with Crippen LogP contribution in [0.25, 0.3) is 0 Å². The van der Waals surface area contributed by atoms with Gasteiger partial charge in [-0.05, 0) is 5.92 Å². The van der Waals surface area contributed by atoms with Crippen molar-refractivity contribution in [1.29, 1.82) is 0 Å². The molecule has 0 aliphatic heterocycles. The van der Waals surface area contributed by atoms with E-state index in [9.17, 15) is 4.79 Å². The lowest BCUT2D eigenvalue weighted by Gasteiger charge is -1.84. The third-order valence-corrected chi connectivity index (χ3v) is 1.26. The lowest BCUT2D eigenvalue weighted by molar-refractivity contribution is -0.118. The van der Waals surface area contributed by atoms with Gasteiger partial charge in [0, 0.05) is 12.8 Å². The number of allylic oxidation sites excluding steroid dienone is 1. The summed E-state index contributed by atoms with van der Waals surface area (Å²) in [7, 11) is 0. The van der Waals surface area contributed by atoms with Crippen LogP contribution in [0.1, 0.15) is 40.5 Å². The summed E-state index contributed by atoms with van der Waals surface area (Å²) in [6.45, 7) is 11.5. The van der Waals surface area contributed by atoms with Crippen molar-refractivity contribution >= 4 is 5.78 Å². The number of carbonyl (C=O) groups is 1. The first-order chi connectivity index (χ1) is 5.08. The van der Waals surface area contributed by atoms with Gasteiger partial charge in [-0.2, -0.15) is 0 Å². The van der Waals surface area contributed by atoms with E-state index in [-0.39, 0.29) is 0 Å². The minimum Gasteiger partial charge on any atom is -0.300 e. The Labute approximate surface area is 70.5 Å². The van der Waals surface area contributed by atoms with Gasteiger partial charge in [0.1, 0.15) is 5.78 Å². The molecule has 0 saturated heterocycles. The van der Waals surface area contributed by atoms with Gasteiger partial charge < -0.3 is 0 Å². The second-order valence-electron chi connectivity index (χ2n) is 2.73. The van der Waals surface area contributed by atoms with E-state index in [1.165, 1.54) is 0 Å². The Morgan fingerprint density at radius 3 is 1.64 bits per heavy atom. The van der Waals surface area contributed by atoms with Gasteiger partial charge in [0.05, 0.1) is 0 Å². The Morgan fingerprint density at radius 1 is 1.36 bits per heavy atom. The molecule has 0 aromatic carbocycles. The minimum absolute atomic E-state index is 0.343. The number of carbonyl (C=O) groups excluding carboxylic acids is 1. The van der Waals surface area contributed by atoms with Crippen molar-refractivity contribution in [2.75, 3.05) is 0 Å². The number of hydrogen-bond donors (Lipinski definition) is 0. The van der Waals surface area contributed by atoms with Crippen molar-refractivity contribution in [1.82, 2.24) is 0 Å². The third-order valence-electron chi connectivity index (χ3n) is 1.26. The van der Waals surface area contributed by atoms with Gasteiger partial charge in [0.2, 0.25) is 0 Å². The summed E-state index contributed by atoms with van der Waals surface area (Å²) in [6.07, 6.45) is 3.30. The molecule has 11 heavy (non-hydrogen) atoms. The van der Waals surface area contributed by atoms with Crippen LogP contribution in [0.2, 0.25) is 0 Å². The first kappa shape index (κ1) is 13.0. The molecular weight excluding hydrogens is 136 g/mol. The summed E-state index contributed by atoms with van der Waals surface area (Å²) >= 11 is 0. The third kappa shape index (κ3) is 17.7.